The molecule has 0 bridgehead atoms. The second-order valence-electron chi connectivity index (χ2n) is 2.61. The number of alkyl halides is 1. The zero-order valence-electron chi connectivity index (χ0n) is 5.15. The van der Waals surface area contributed by atoms with E-state index >= 15 is 0 Å². The van der Waals surface area contributed by atoms with Gasteiger partial charge < -0.3 is 5.73 Å². The Morgan fingerprint density at radius 1 is 1.75 bits per heavy atom. The maximum absolute atomic E-state index is 12.6. The molecular weight excluding hydrogens is 105 g/mol. The minimum Gasteiger partial charge on any atom is -0.323 e. The third kappa shape index (κ3) is 0.848. The molecule has 0 aromatic rings. The Kier molecular flexibility index (Phi) is 1.27. The first-order chi connectivity index (χ1) is 3.69. The first-order valence-electron chi connectivity index (χ1n) is 3.12. The van der Waals surface area contributed by atoms with Gasteiger partial charge in [0.15, 0.2) is 0 Å². The summed E-state index contributed by atoms with van der Waals surface area (Å²) >= 11 is 0. The summed E-state index contributed by atoms with van der Waals surface area (Å²) in [5.74, 6) is 0. The van der Waals surface area contributed by atoms with Crippen LogP contribution in [0.3, 0.4) is 0 Å². The molecule has 0 aromatic heterocycles. The van der Waals surface area contributed by atoms with Crippen LogP contribution in [0.5, 0.6) is 0 Å². The van der Waals surface area contributed by atoms with E-state index in [0.29, 0.717) is 6.42 Å². The molecule has 0 amide bonds. The Balaban J connectivity index is 2.34. The fourth-order valence-corrected chi connectivity index (χ4v) is 0.864. The molecule has 0 heterocycles. The van der Waals surface area contributed by atoms with Crippen molar-refractivity contribution in [2.75, 3.05) is 0 Å². The molecule has 1 fully saturated rings. The Morgan fingerprint density at radius 2 is 2.25 bits per heavy atom. The third-order valence-corrected chi connectivity index (χ3v) is 1.81. The molecule has 0 aliphatic heterocycles. The SMILES string of the molecule is CCC(F)C1(N)CC1. The van der Waals surface area contributed by atoms with Gasteiger partial charge in [-0.05, 0) is 19.3 Å². The van der Waals surface area contributed by atoms with Gasteiger partial charge in [0.05, 0.1) is 0 Å². The first-order valence-corrected chi connectivity index (χ1v) is 3.12. The zero-order chi connectivity index (χ0) is 6.20. The summed E-state index contributed by atoms with van der Waals surface area (Å²) in [6.45, 7) is 1.83. The van der Waals surface area contributed by atoms with Crippen molar-refractivity contribution in [1.29, 1.82) is 0 Å². The molecule has 1 aliphatic rings. The molecular formula is C6H12FN. The Labute approximate surface area is 49.1 Å². The van der Waals surface area contributed by atoms with Gasteiger partial charge in [0.25, 0.3) is 0 Å². The quantitative estimate of drug-likeness (QED) is 0.578. The standard InChI is InChI=1S/C6H12FN/c1-2-5(7)6(8)3-4-6/h5H,2-4,8H2,1H3. The van der Waals surface area contributed by atoms with Crippen LogP contribution in [-0.2, 0) is 0 Å². The van der Waals surface area contributed by atoms with Crippen LogP contribution in [0, 0.1) is 0 Å². The highest BCUT2D eigenvalue weighted by atomic mass is 19.1. The Hall–Kier alpha value is -0.110. The fourth-order valence-electron chi connectivity index (χ4n) is 0.864. The predicted octanol–water partition coefficient (Wildman–Crippen LogP) is 1.23. The summed E-state index contributed by atoms with van der Waals surface area (Å²) < 4.78 is 12.6. The van der Waals surface area contributed by atoms with Gasteiger partial charge in [0.1, 0.15) is 6.17 Å². The van der Waals surface area contributed by atoms with Crippen molar-refractivity contribution < 1.29 is 4.39 Å². The summed E-state index contributed by atoms with van der Waals surface area (Å²) in [7, 11) is 0. The van der Waals surface area contributed by atoms with Gasteiger partial charge in [-0.3, -0.25) is 0 Å². The van der Waals surface area contributed by atoms with E-state index in [0.717, 1.165) is 12.8 Å². The van der Waals surface area contributed by atoms with Crippen LogP contribution in [0.1, 0.15) is 26.2 Å². The topological polar surface area (TPSA) is 26.0 Å². The number of nitrogens with two attached hydrogens (primary N) is 1. The van der Waals surface area contributed by atoms with E-state index in [1.54, 1.807) is 0 Å². The van der Waals surface area contributed by atoms with Crippen molar-refractivity contribution in [1.82, 2.24) is 0 Å². The van der Waals surface area contributed by atoms with Gasteiger partial charge >= 0.3 is 0 Å². The molecule has 1 saturated carbocycles. The van der Waals surface area contributed by atoms with E-state index in [-0.39, 0.29) is 0 Å². The molecule has 0 radical (unpaired) electrons. The summed E-state index contributed by atoms with van der Waals surface area (Å²) in [5.41, 5.74) is 5.12. The van der Waals surface area contributed by atoms with Crippen LogP contribution in [0.15, 0.2) is 0 Å². The lowest BCUT2D eigenvalue weighted by Gasteiger charge is -2.11. The fraction of sp³-hybridized carbons (Fsp3) is 1.00. The van der Waals surface area contributed by atoms with E-state index in [2.05, 4.69) is 0 Å². The summed E-state index contributed by atoms with van der Waals surface area (Å²) in [4.78, 5) is 0. The van der Waals surface area contributed by atoms with E-state index < -0.39 is 11.7 Å². The van der Waals surface area contributed by atoms with Gasteiger partial charge in [-0.2, -0.15) is 0 Å². The van der Waals surface area contributed by atoms with Gasteiger partial charge in [0, 0.05) is 5.54 Å². The molecule has 2 heteroatoms. The smallest absolute Gasteiger partial charge is 0.118 e. The van der Waals surface area contributed by atoms with E-state index in [4.69, 9.17) is 5.73 Å². The predicted molar refractivity (Wildman–Crippen MR) is 31.3 cm³/mol. The van der Waals surface area contributed by atoms with Crippen LogP contribution >= 0.6 is 0 Å². The van der Waals surface area contributed by atoms with Crippen LogP contribution < -0.4 is 5.73 Å². The lowest BCUT2D eigenvalue weighted by atomic mass is 10.1. The molecule has 0 saturated heterocycles. The minimum absolute atomic E-state index is 0.408. The van der Waals surface area contributed by atoms with Crippen LogP contribution in [0.2, 0.25) is 0 Å². The Bertz CT molecular complexity index is 88.5. The molecule has 1 nitrogen and oxygen atoms in total. The van der Waals surface area contributed by atoms with Gasteiger partial charge in [-0.1, -0.05) is 6.92 Å². The van der Waals surface area contributed by atoms with Crippen molar-refractivity contribution in [2.45, 2.75) is 37.9 Å². The maximum atomic E-state index is 12.6. The molecule has 1 unspecified atom stereocenters. The normalized spacial score (nSPS) is 27.4. The zero-order valence-corrected chi connectivity index (χ0v) is 5.15. The minimum atomic E-state index is -0.762. The van der Waals surface area contributed by atoms with Crippen molar-refractivity contribution in [3.8, 4) is 0 Å². The molecule has 0 aromatic carbocycles. The van der Waals surface area contributed by atoms with Crippen molar-refractivity contribution in [3.05, 3.63) is 0 Å². The lowest BCUT2D eigenvalue weighted by molar-refractivity contribution is 0.260. The summed E-state index contributed by atoms with van der Waals surface area (Å²) in [6.07, 6.45) is 1.56. The number of hydrogen-bond acceptors (Lipinski definition) is 1. The average molecular weight is 117 g/mol. The highest BCUT2D eigenvalue weighted by Gasteiger charge is 2.45. The van der Waals surface area contributed by atoms with Crippen LogP contribution in [-0.4, -0.2) is 11.7 Å². The second kappa shape index (κ2) is 1.69. The molecule has 8 heavy (non-hydrogen) atoms. The van der Waals surface area contributed by atoms with E-state index in [1.807, 2.05) is 6.92 Å². The van der Waals surface area contributed by atoms with Gasteiger partial charge in [-0.15, -0.1) is 0 Å². The molecule has 1 rings (SSSR count). The highest BCUT2D eigenvalue weighted by Crippen LogP contribution is 2.38. The highest BCUT2D eigenvalue weighted by molar-refractivity contribution is 5.04. The van der Waals surface area contributed by atoms with Gasteiger partial charge in [-0.25, -0.2) is 4.39 Å². The lowest BCUT2D eigenvalue weighted by Crippen LogP contribution is -2.33. The third-order valence-electron chi connectivity index (χ3n) is 1.81. The first kappa shape index (κ1) is 6.02. The van der Waals surface area contributed by atoms with Crippen molar-refractivity contribution in [2.24, 2.45) is 5.73 Å². The average Bonchev–Trinajstić information content (AvgIpc) is 2.47. The largest absolute Gasteiger partial charge is 0.323 e. The molecule has 1 atom stereocenters. The van der Waals surface area contributed by atoms with E-state index in [1.165, 1.54) is 0 Å². The van der Waals surface area contributed by atoms with Crippen molar-refractivity contribution in [3.63, 3.8) is 0 Å². The molecule has 48 valence electrons. The second-order valence-corrected chi connectivity index (χ2v) is 2.61. The Morgan fingerprint density at radius 3 is 2.38 bits per heavy atom. The summed E-state index contributed by atoms with van der Waals surface area (Å²) in [5, 5.41) is 0. The van der Waals surface area contributed by atoms with Crippen LogP contribution in [0.25, 0.3) is 0 Å². The number of halogens is 1. The van der Waals surface area contributed by atoms with Crippen LogP contribution in [0.4, 0.5) is 4.39 Å². The number of rotatable bonds is 2. The van der Waals surface area contributed by atoms with E-state index in [9.17, 15) is 4.39 Å². The monoisotopic (exact) mass is 117 g/mol. The maximum Gasteiger partial charge on any atom is 0.118 e. The van der Waals surface area contributed by atoms with Gasteiger partial charge in [0.2, 0.25) is 0 Å². The summed E-state index contributed by atoms with van der Waals surface area (Å²) in [6, 6.07) is 0. The molecule has 0 spiro atoms. The number of hydrogen-bond donors (Lipinski definition) is 1. The van der Waals surface area contributed by atoms with Crippen molar-refractivity contribution >= 4 is 0 Å². The molecule has 2 N–H and O–H groups in total. The molecule has 1 aliphatic carbocycles.